The molecule has 0 N–H and O–H groups in total. The van der Waals surface area contributed by atoms with Crippen LogP contribution in [0.25, 0.3) is 0 Å². The number of Topliss-reactive ketones (excluding diaryl/α,β-unsaturated/α-hetero) is 1. The predicted octanol–water partition coefficient (Wildman–Crippen LogP) is 0.585. The highest BCUT2D eigenvalue weighted by molar-refractivity contribution is 6.36. The average molecular weight is 200 g/mol. The Kier molecular flexibility index (Phi) is 5.21. The highest BCUT2D eigenvalue weighted by Gasteiger charge is 2.19. The molecule has 0 atom stereocenters. The molecule has 78 valence electrons. The predicted molar refractivity (Wildman–Crippen MR) is 47.2 cm³/mol. The Morgan fingerprint density at radius 2 is 1.86 bits per heavy atom. The number of ketones is 1. The van der Waals surface area contributed by atoms with E-state index in [1.807, 2.05) is 0 Å². The van der Waals surface area contributed by atoms with Crippen LogP contribution >= 0.6 is 0 Å². The van der Waals surface area contributed by atoms with E-state index < -0.39 is 24.1 Å². The van der Waals surface area contributed by atoms with Crippen molar-refractivity contribution in [2.45, 2.75) is 20.3 Å². The standard InChI is InChI=1S/C9H12O5/c1-4-13-9(12)7(10)5-8(11)14-6(2)3/h2,4-5H2,1,3H3. The maximum absolute atomic E-state index is 10.9. The monoisotopic (exact) mass is 200 g/mol. The quantitative estimate of drug-likeness (QED) is 0.281. The first-order valence-corrected chi connectivity index (χ1v) is 4.03. The van der Waals surface area contributed by atoms with E-state index in [-0.39, 0.29) is 12.4 Å². The molecule has 0 heterocycles. The van der Waals surface area contributed by atoms with Crippen molar-refractivity contribution in [3.63, 3.8) is 0 Å². The Labute approximate surface area is 81.7 Å². The van der Waals surface area contributed by atoms with Gasteiger partial charge in [-0.25, -0.2) is 4.79 Å². The molecule has 0 saturated carbocycles. The Hall–Kier alpha value is -1.65. The number of hydrogen-bond acceptors (Lipinski definition) is 5. The van der Waals surface area contributed by atoms with Gasteiger partial charge in [0, 0.05) is 0 Å². The first kappa shape index (κ1) is 12.3. The molecule has 0 radical (unpaired) electrons. The lowest BCUT2D eigenvalue weighted by molar-refractivity contribution is -0.156. The van der Waals surface area contributed by atoms with Crippen LogP contribution < -0.4 is 0 Å². The van der Waals surface area contributed by atoms with Crippen molar-refractivity contribution < 1.29 is 23.9 Å². The first-order chi connectivity index (χ1) is 6.47. The van der Waals surface area contributed by atoms with Gasteiger partial charge in [0.25, 0.3) is 5.78 Å². The van der Waals surface area contributed by atoms with Crippen LogP contribution in [0.3, 0.4) is 0 Å². The maximum Gasteiger partial charge on any atom is 0.375 e. The third-order valence-electron chi connectivity index (χ3n) is 1.10. The molecule has 0 aromatic carbocycles. The second kappa shape index (κ2) is 5.90. The fourth-order valence-electron chi connectivity index (χ4n) is 0.645. The second-order valence-corrected chi connectivity index (χ2v) is 2.50. The zero-order valence-corrected chi connectivity index (χ0v) is 8.16. The molecule has 5 nitrogen and oxygen atoms in total. The van der Waals surface area contributed by atoms with Crippen LogP contribution in [-0.4, -0.2) is 24.3 Å². The summed E-state index contributed by atoms with van der Waals surface area (Å²) in [5.41, 5.74) is 0. The van der Waals surface area contributed by atoms with Crippen LogP contribution in [0, 0.1) is 0 Å². The minimum Gasteiger partial charge on any atom is -0.460 e. The number of carbonyl (C=O) groups excluding carboxylic acids is 3. The number of allylic oxidation sites excluding steroid dienone is 1. The smallest absolute Gasteiger partial charge is 0.375 e. The third kappa shape index (κ3) is 5.08. The molecule has 0 bridgehead atoms. The van der Waals surface area contributed by atoms with Gasteiger partial charge in [-0.2, -0.15) is 0 Å². The summed E-state index contributed by atoms with van der Waals surface area (Å²) in [5.74, 6) is -2.58. The Morgan fingerprint density at radius 3 is 2.29 bits per heavy atom. The zero-order chi connectivity index (χ0) is 11.1. The lowest BCUT2D eigenvalue weighted by Gasteiger charge is -2.01. The summed E-state index contributed by atoms with van der Waals surface area (Å²) in [6.07, 6.45) is -0.619. The fraction of sp³-hybridized carbons (Fsp3) is 0.444. The van der Waals surface area contributed by atoms with Crippen LogP contribution in [0.1, 0.15) is 20.3 Å². The van der Waals surface area contributed by atoms with Crippen molar-refractivity contribution in [1.82, 2.24) is 0 Å². The molecular formula is C9H12O5. The van der Waals surface area contributed by atoms with Crippen molar-refractivity contribution in [2.75, 3.05) is 6.61 Å². The van der Waals surface area contributed by atoms with E-state index in [9.17, 15) is 14.4 Å². The molecule has 0 aromatic rings. The van der Waals surface area contributed by atoms with Crippen LogP contribution in [0.4, 0.5) is 0 Å². The molecule has 0 aliphatic rings. The molecule has 0 spiro atoms. The highest BCUT2D eigenvalue weighted by Crippen LogP contribution is 1.97. The van der Waals surface area contributed by atoms with Gasteiger partial charge in [-0.15, -0.1) is 0 Å². The van der Waals surface area contributed by atoms with E-state index in [4.69, 9.17) is 0 Å². The summed E-state index contributed by atoms with van der Waals surface area (Å²) in [4.78, 5) is 32.5. The average Bonchev–Trinajstić information content (AvgIpc) is 2.02. The summed E-state index contributed by atoms with van der Waals surface area (Å²) in [6, 6.07) is 0. The Balaban J connectivity index is 4.00. The molecule has 0 unspecified atom stereocenters. The molecule has 0 fully saturated rings. The minimum atomic E-state index is -1.02. The summed E-state index contributed by atoms with van der Waals surface area (Å²) in [5, 5.41) is 0. The topological polar surface area (TPSA) is 69.7 Å². The molecule has 0 saturated heterocycles. The third-order valence-corrected chi connectivity index (χ3v) is 1.10. The van der Waals surface area contributed by atoms with E-state index in [2.05, 4.69) is 16.1 Å². The van der Waals surface area contributed by atoms with Crippen molar-refractivity contribution >= 4 is 17.7 Å². The Bertz CT molecular complexity index is 266. The second-order valence-electron chi connectivity index (χ2n) is 2.50. The lowest BCUT2D eigenvalue weighted by Crippen LogP contribution is -2.21. The summed E-state index contributed by atoms with van der Waals surface area (Å²) in [7, 11) is 0. The first-order valence-electron chi connectivity index (χ1n) is 4.03. The normalized spacial score (nSPS) is 9.00. The van der Waals surface area contributed by atoms with E-state index in [0.29, 0.717) is 0 Å². The number of carbonyl (C=O) groups is 3. The van der Waals surface area contributed by atoms with E-state index in [1.54, 1.807) is 6.92 Å². The van der Waals surface area contributed by atoms with Gasteiger partial charge >= 0.3 is 11.9 Å². The zero-order valence-electron chi connectivity index (χ0n) is 8.16. The summed E-state index contributed by atoms with van der Waals surface area (Å²) in [6.45, 7) is 6.44. The molecular weight excluding hydrogens is 188 g/mol. The number of rotatable bonds is 5. The van der Waals surface area contributed by atoms with Crippen LogP contribution in [0.15, 0.2) is 12.3 Å². The minimum absolute atomic E-state index is 0.0973. The van der Waals surface area contributed by atoms with E-state index in [1.165, 1.54) is 6.92 Å². The van der Waals surface area contributed by atoms with Crippen molar-refractivity contribution in [3.05, 3.63) is 12.3 Å². The largest absolute Gasteiger partial charge is 0.460 e. The van der Waals surface area contributed by atoms with Gasteiger partial charge in [0.2, 0.25) is 0 Å². The molecule has 0 aromatic heterocycles. The van der Waals surface area contributed by atoms with Crippen LogP contribution in [-0.2, 0) is 23.9 Å². The van der Waals surface area contributed by atoms with Gasteiger partial charge in [0.1, 0.15) is 6.42 Å². The molecule has 5 heteroatoms. The molecule has 0 aliphatic heterocycles. The van der Waals surface area contributed by atoms with E-state index >= 15 is 0 Å². The Morgan fingerprint density at radius 1 is 1.29 bits per heavy atom. The molecule has 0 rings (SSSR count). The van der Waals surface area contributed by atoms with Gasteiger partial charge in [0.15, 0.2) is 0 Å². The van der Waals surface area contributed by atoms with Crippen LogP contribution in [0.2, 0.25) is 0 Å². The maximum atomic E-state index is 10.9. The van der Waals surface area contributed by atoms with Crippen LogP contribution in [0.5, 0.6) is 0 Å². The van der Waals surface area contributed by atoms with Gasteiger partial charge in [-0.1, -0.05) is 6.58 Å². The molecule has 14 heavy (non-hydrogen) atoms. The van der Waals surface area contributed by atoms with Gasteiger partial charge in [-0.05, 0) is 13.8 Å². The van der Waals surface area contributed by atoms with Crippen molar-refractivity contribution in [3.8, 4) is 0 Å². The van der Waals surface area contributed by atoms with E-state index in [0.717, 1.165) is 0 Å². The van der Waals surface area contributed by atoms with Gasteiger partial charge in [-0.3, -0.25) is 9.59 Å². The fourth-order valence-corrected chi connectivity index (χ4v) is 0.645. The number of hydrogen-bond donors (Lipinski definition) is 0. The van der Waals surface area contributed by atoms with Crippen molar-refractivity contribution in [1.29, 1.82) is 0 Å². The highest BCUT2D eigenvalue weighted by atomic mass is 16.5. The molecule has 0 amide bonds. The van der Waals surface area contributed by atoms with Gasteiger partial charge < -0.3 is 9.47 Å². The molecule has 0 aliphatic carbocycles. The SMILES string of the molecule is C=C(C)OC(=O)CC(=O)C(=O)OCC. The van der Waals surface area contributed by atoms with Gasteiger partial charge in [0.05, 0.1) is 12.4 Å². The summed E-state index contributed by atoms with van der Waals surface area (Å²) < 4.78 is 8.88. The van der Waals surface area contributed by atoms with Crippen molar-refractivity contribution in [2.24, 2.45) is 0 Å². The number of ether oxygens (including phenoxy) is 2. The summed E-state index contributed by atoms with van der Waals surface area (Å²) >= 11 is 0. The number of esters is 2. The lowest BCUT2D eigenvalue weighted by atomic mass is 10.3.